The van der Waals surface area contributed by atoms with Crippen LogP contribution in [0.25, 0.3) is 0 Å². The Morgan fingerprint density at radius 2 is 2.32 bits per heavy atom. The Morgan fingerprint density at radius 1 is 1.50 bits per heavy atom. The van der Waals surface area contributed by atoms with Crippen LogP contribution in [0.3, 0.4) is 0 Å². The molecular weight excluding hydrogens is 417 g/mol. The molecule has 152 valence electrons. The Labute approximate surface area is 168 Å². The molecule has 4 rings (SSSR count). The number of carbonyl (C=O) groups excluding carboxylic acids is 1. The summed E-state index contributed by atoms with van der Waals surface area (Å²) in [5, 5.41) is 11.3. The number of amides is 1. The maximum absolute atomic E-state index is 13.7. The van der Waals surface area contributed by atoms with E-state index in [-0.39, 0.29) is 35.6 Å². The summed E-state index contributed by atoms with van der Waals surface area (Å²) in [7, 11) is 0. The van der Waals surface area contributed by atoms with Crippen LogP contribution in [-0.2, 0) is 4.74 Å². The third-order valence-electron chi connectivity index (χ3n) is 4.91. The minimum Gasteiger partial charge on any atom is -0.376 e. The van der Waals surface area contributed by atoms with Crippen molar-refractivity contribution in [3.05, 3.63) is 33.1 Å². The molecule has 0 saturated carbocycles. The number of fused-ring (bicyclic) bond motifs is 1. The number of nitrogens with one attached hydrogen (secondary N) is 2. The van der Waals surface area contributed by atoms with Crippen LogP contribution in [0.5, 0.6) is 0 Å². The van der Waals surface area contributed by atoms with Crippen LogP contribution in [0.2, 0.25) is 5.02 Å². The highest BCUT2D eigenvalue weighted by Gasteiger charge is 2.48. The average molecular weight is 435 g/mol. The molecule has 2 aromatic rings. The van der Waals surface area contributed by atoms with Gasteiger partial charge in [-0.3, -0.25) is 4.79 Å². The summed E-state index contributed by atoms with van der Waals surface area (Å²) in [6, 6.07) is 1.12. The summed E-state index contributed by atoms with van der Waals surface area (Å²) in [6.45, 7) is 0.909. The number of halogens is 4. The van der Waals surface area contributed by atoms with Gasteiger partial charge in [-0.1, -0.05) is 17.7 Å². The Morgan fingerprint density at radius 3 is 2.96 bits per heavy atom. The molecular formula is C17H18ClF3N4O2S. The number of hydrogen-bond acceptors (Lipinski definition) is 5. The summed E-state index contributed by atoms with van der Waals surface area (Å²) in [5.74, 6) is -0.603. The molecule has 11 heteroatoms. The standard InChI is InChI=1S/C17H18ClF3N4O2S/c18-13-14(16(26)22-8-9-3-1-5-27-9)24-25-12(17(19,20)21)7-10(23-15(13)25)11-4-2-6-28-11/h2,4,6,9-10,12,23H,1,3,5,7-8H2,(H,22,26)/t9?,10-,12+/m1/s1. The predicted octanol–water partition coefficient (Wildman–Crippen LogP) is 4.17. The number of hydrogen-bond donors (Lipinski definition) is 2. The van der Waals surface area contributed by atoms with E-state index in [0.717, 1.165) is 22.4 Å². The Bertz CT molecular complexity index is 849. The van der Waals surface area contributed by atoms with Gasteiger partial charge in [0.2, 0.25) is 0 Å². The molecule has 1 fully saturated rings. The molecule has 28 heavy (non-hydrogen) atoms. The number of nitrogens with zero attached hydrogens (tertiary/aromatic N) is 2. The molecule has 4 heterocycles. The molecule has 0 spiro atoms. The maximum Gasteiger partial charge on any atom is 0.410 e. The van der Waals surface area contributed by atoms with E-state index in [2.05, 4.69) is 15.7 Å². The number of thiophene rings is 1. The summed E-state index contributed by atoms with van der Waals surface area (Å²) in [5.41, 5.74) is -0.219. The van der Waals surface area contributed by atoms with Gasteiger partial charge < -0.3 is 15.4 Å². The first-order valence-electron chi connectivity index (χ1n) is 8.89. The van der Waals surface area contributed by atoms with Crippen molar-refractivity contribution < 1.29 is 22.7 Å². The summed E-state index contributed by atoms with van der Waals surface area (Å²) in [6.07, 6.45) is -3.10. The number of carbonyl (C=O) groups is 1. The topological polar surface area (TPSA) is 68.2 Å². The lowest BCUT2D eigenvalue weighted by atomic mass is 10.0. The van der Waals surface area contributed by atoms with Crippen LogP contribution in [0.15, 0.2) is 17.5 Å². The van der Waals surface area contributed by atoms with E-state index in [1.807, 2.05) is 0 Å². The van der Waals surface area contributed by atoms with Crippen molar-refractivity contribution in [3.63, 3.8) is 0 Å². The molecule has 6 nitrogen and oxygen atoms in total. The monoisotopic (exact) mass is 434 g/mol. The predicted molar refractivity (Wildman–Crippen MR) is 98.9 cm³/mol. The third-order valence-corrected chi connectivity index (χ3v) is 6.26. The van der Waals surface area contributed by atoms with E-state index in [4.69, 9.17) is 16.3 Å². The van der Waals surface area contributed by atoms with Crippen molar-refractivity contribution in [2.45, 2.75) is 43.6 Å². The Hall–Kier alpha value is -1.78. The highest BCUT2D eigenvalue weighted by atomic mass is 35.5. The lowest BCUT2D eigenvalue weighted by Crippen LogP contribution is -2.36. The molecule has 2 aliphatic heterocycles. The number of rotatable bonds is 4. The van der Waals surface area contributed by atoms with Crippen molar-refractivity contribution in [1.29, 1.82) is 0 Å². The zero-order chi connectivity index (χ0) is 19.9. The van der Waals surface area contributed by atoms with Gasteiger partial charge in [0.15, 0.2) is 11.7 Å². The fraction of sp³-hybridized carbons (Fsp3) is 0.529. The molecule has 0 radical (unpaired) electrons. The van der Waals surface area contributed by atoms with Gasteiger partial charge in [-0.15, -0.1) is 11.3 Å². The smallest absolute Gasteiger partial charge is 0.376 e. The maximum atomic E-state index is 13.7. The lowest BCUT2D eigenvalue weighted by molar-refractivity contribution is -0.173. The van der Waals surface area contributed by atoms with E-state index in [0.29, 0.717) is 6.61 Å². The average Bonchev–Trinajstić information content (AvgIpc) is 3.40. The van der Waals surface area contributed by atoms with Crippen LogP contribution in [-0.4, -0.2) is 41.1 Å². The largest absolute Gasteiger partial charge is 0.410 e. The zero-order valence-electron chi connectivity index (χ0n) is 14.6. The molecule has 0 bridgehead atoms. The fourth-order valence-electron chi connectivity index (χ4n) is 3.51. The SMILES string of the molecule is O=C(NCC1CCCO1)c1nn2c(c1Cl)N[C@@H](c1cccs1)C[C@H]2C(F)(F)F. The zero-order valence-corrected chi connectivity index (χ0v) is 16.2. The third kappa shape index (κ3) is 3.72. The number of aromatic nitrogens is 2. The van der Waals surface area contributed by atoms with Crippen molar-refractivity contribution in [1.82, 2.24) is 15.1 Å². The minimum absolute atomic E-state index is 0.0101. The van der Waals surface area contributed by atoms with Gasteiger partial charge in [0.25, 0.3) is 5.91 Å². The van der Waals surface area contributed by atoms with E-state index >= 15 is 0 Å². The summed E-state index contributed by atoms with van der Waals surface area (Å²) in [4.78, 5) is 13.2. The van der Waals surface area contributed by atoms with Gasteiger partial charge in [-0.05, 0) is 24.3 Å². The number of ether oxygens (including phenoxy) is 1. The molecule has 2 aromatic heterocycles. The fourth-order valence-corrected chi connectivity index (χ4v) is 4.56. The van der Waals surface area contributed by atoms with Gasteiger partial charge in [0.05, 0.1) is 12.1 Å². The second-order valence-electron chi connectivity index (χ2n) is 6.81. The molecule has 1 saturated heterocycles. The van der Waals surface area contributed by atoms with Crippen molar-refractivity contribution in [2.24, 2.45) is 0 Å². The van der Waals surface area contributed by atoms with E-state index < -0.39 is 24.2 Å². The molecule has 3 atom stereocenters. The van der Waals surface area contributed by atoms with Gasteiger partial charge in [-0.25, -0.2) is 4.68 Å². The molecule has 1 amide bonds. The molecule has 0 aromatic carbocycles. The van der Waals surface area contributed by atoms with Crippen molar-refractivity contribution >= 4 is 34.7 Å². The number of anilines is 1. The Balaban J connectivity index is 1.61. The second kappa shape index (κ2) is 7.57. The normalized spacial score (nSPS) is 24.6. The first kappa shape index (κ1) is 19.5. The highest BCUT2D eigenvalue weighted by Crippen LogP contribution is 2.46. The van der Waals surface area contributed by atoms with Crippen molar-refractivity contribution in [2.75, 3.05) is 18.5 Å². The van der Waals surface area contributed by atoms with E-state index in [1.54, 1.807) is 17.5 Å². The first-order valence-corrected chi connectivity index (χ1v) is 10.1. The molecule has 2 aliphatic rings. The van der Waals surface area contributed by atoms with Crippen LogP contribution in [0.4, 0.5) is 19.0 Å². The lowest BCUT2D eigenvalue weighted by Gasteiger charge is -2.32. The van der Waals surface area contributed by atoms with Gasteiger partial charge >= 0.3 is 6.18 Å². The van der Waals surface area contributed by atoms with Gasteiger partial charge in [-0.2, -0.15) is 18.3 Å². The first-order chi connectivity index (χ1) is 13.3. The Kier molecular flexibility index (Phi) is 5.28. The van der Waals surface area contributed by atoms with E-state index in [9.17, 15) is 18.0 Å². The van der Waals surface area contributed by atoms with Gasteiger partial charge in [0.1, 0.15) is 10.8 Å². The molecule has 1 unspecified atom stereocenters. The van der Waals surface area contributed by atoms with E-state index in [1.165, 1.54) is 11.3 Å². The minimum atomic E-state index is -4.52. The molecule has 2 N–H and O–H groups in total. The quantitative estimate of drug-likeness (QED) is 0.758. The van der Waals surface area contributed by atoms with Crippen LogP contribution in [0, 0.1) is 0 Å². The summed E-state index contributed by atoms with van der Waals surface area (Å²) < 4.78 is 47.3. The highest BCUT2D eigenvalue weighted by molar-refractivity contribution is 7.10. The second-order valence-corrected chi connectivity index (χ2v) is 8.16. The number of alkyl halides is 3. The van der Waals surface area contributed by atoms with Crippen LogP contribution < -0.4 is 10.6 Å². The van der Waals surface area contributed by atoms with Gasteiger partial charge in [0, 0.05) is 24.4 Å². The summed E-state index contributed by atoms with van der Waals surface area (Å²) >= 11 is 7.63. The molecule has 0 aliphatic carbocycles. The van der Waals surface area contributed by atoms with Crippen molar-refractivity contribution in [3.8, 4) is 0 Å². The van der Waals surface area contributed by atoms with Crippen LogP contribution >= 0.6 is 22.9 Å². The van der Waals surface area contributed by atoms with Crippen LogP contribution in [0.1, 0.15) is 46.7 Å².